The second-order valence-electron chi connectivity index (χ2n) is 6.62. The van der Waals surface area contributed by atoms with Gasteiger partial charge in [-0.25, -0.2) is 4.39 Å². The van der Waals surface area contributed by atoms with E-state index in [0.29, 0.717) is 25.6 Å². The zero-order valence-electron chi connectivity index (χ0n) is 12.0. The summed E-state index contributed by atoms with van der Waals surface area (Å²) in [5.41, 5.74) is 0.947. The van der Waals surface area contributed by atoms with Gasteiger partial charge in [-0.05, 0) is 48.8 Å². The average molecular weight is 289 g/mol. The predicted octanol–water partition coefficient (Wildman–Crippen LogP) is 2.77. The van der Waals surface area contributed by atoms with Gasteiger partial charge in [-0.15, -0.1) is 0 Å². The van der Waals surface area contributed by atoms with Crippen LogP contribution in [0.5, 0.6) is 0 Å². The highest BCUT2D eigenvalue weighted by molar-refractivity contribution is 5.79. The van der Waals surface area contributed by atoms with E-state index in [4.69, 9.17) is 4.74 Å². The van der Waals surface area contributed by atoms with Crippen LogP contribution in [0.3, 0.4) is 0 Å². The van der Waals surface area contributed by atoms with E-state index in [1.54, 1.807) is 12.1 Å². The van der Waals surface area contributed by atoms with Crippen molar-refractivity contribution in [1.29, 1.82) is 0 Å². The second-order valence-corrected chi connectivity index (χ2v) is 6.62. The first-order valence-corrected chi connectivity index (χ1v) is 7.86. The zero-order valence-corrected chi connectivity index (χ0v) is 12.0. The summed E-state index contributed by atoms with van der Waals surface area (Å²) in [6.45, 7) is 1.84. The van der Waals surface area contributed by atoms with E-state index in [1.165, 1.54) is 18.6 Å². The third-order valence-corrected chi connectivity index (χ3v) is 5.21. The Morgan fingerprint density at radius 3 is 2.57 bits per heavy atom. The van der Waals surface area contributed by atoms with E-state index >= 15 is 0 Å². The number of hydrogen-bond acceptors (Lipinski definition) is 2. The Morgan fingerprint density at radius 2 is 1.86 bits per heavy atom. The molecule has 3 nitrogen and oxygen atoms in total. The van der Waals surface area contributed by atoms with Crippen molar-refractivity contribution in [2.75, 3.05) is 19.7 Å². The maximum absolute atomic E-state index is 13.0. The first-order valence-electron chi connectivity index (χ1n) is 7.86. The van der Waals surface area contributed by atoms with Crippen molar-refractivity contribution < 1.29 is 13.9 Å². The van der Waals surface area contributed by atoms with Gasteiger partial charge in [0.1, 0.15) is 11.9 Å². The molecule has 4 rings (SSSR count). The number of halogens is 1. The van der Waals surface area contributed by atoms with Crippen LogP contribution in [0.4, 0.5) is 4.39 Å². The van der Waals surface area contributed by atoms with Crippen LogP contribution in [0.2, 0.25) is 0 Å². The number of ether oxygens (including phenoxy) is 1. The molecule has 3 aliphatic rings. The van der Waals surface area contributed by atoms with Crippen molar-refractivity contribution in [3.8, 4) is 0 Å². The number of nitrogens with zero attached hydrogens (tertiary/aromatic N) is 1. The molecule has 112 valence electrons. The Kier molecular flexibility index (Phi) is 3.21. The molecule has 3 unspecified atom stereocenters. The molecule has 1 saturated heterocycles. The van der Waals surface area contributed by atoms with Crippen molar-refractivity contribution in [2.24, 2.45) is 17.8 Å². The number of morpholine rings is 1. The van der Waals surface area contributed by atoms with Crippen LogP contribution in [0, 0.1) is 23.6 Å². The molecule has 21 heavy (non-hydrogen) atoms. The van der Waals surface area contributed by atoms with Crippen LogP contribution < -0.4 is 0 Å². The van der Waals surface area contributed by atoms with Crippen LogP contribution in [0.1, 0.15) is 30.9 Å². The van der Waals surface area contributed by atoms with Crippen molar-refractivity contribution >= 4 is 5.91 Å². The number of rotatable bonds is 2. The lowest BCUT2D eigenvalue weighted by Gasteiger charge is -2.35. The van der Waals surface area contributed by atoms with Crippen molar-refractivity contribution in [1.82, 2.24) is 4.90 Å². The lowest BCUT2D eigenvalue weighted by molar-refractivity contribution is -0.143. The standard InChI is InChI=1S/C17H20FNO2/c18-15-3-1-11(2-4-15)16-10-19(5-6-21-16)17(20)14-8-12-7-13(12)9-14/h1-4,12-14,16H,5-10H2. The Morgan fingerprint density at radius 1 is 1.14 bits per heavy atom. The van der Waals surface area contributed by atoms with Crippen LogP contribution in [-0.2, 0) is 9.53 Å². The highest BCUT2D eigenvalue weighted by Crippen LogP contribution is 2.54. The highest BCUT2D eigenvalue weighted by atomic mass is 19.1. The smallest absolute Gasteiger partial charge is 0.225 e. The Labute approximate surface area is 124 Å². The molecular formula is C17H20FNO2. The summed E-state index contributed by atoms with van der Waals surface area (Å²) >= 11 is 0. The molecule has 1 aromatic rings. The van der Waals surface area contributed by atoms with E-state index in [0.717, 1.165) is 30.2 Å². The van der Waals surface area contributed by atoms with Crippen molar-refractivity contribution in [3.63, 3.8) is 0 Å². The third kappa shape index (κ3) is 2.57. The van der Waals surface area contributed by atoms with Gasteiger partial charge in [0.2, 0.25) is 5.91 Å². The number of benzene rings is 1. The Bertz CT molecular complexity index is 534. The number of amides is 1. The van der Waals surface area contributed by atoms with Gasteiger partial charge in [-0.2, -0.15) is 0 Å². The lowest BCUT2D eigenvalue weighted by Crippen LogP contribution is -2.44. The third-order valence-electron chi connectivity index (χ3n) is 5.21. The molecule has 0 aromatic heterocycles. The maximum atomic E-state index is 13.0. The summed E-state index contributed by atoms with van der Waals surface area (Å²) in [4.78, 5) is 14.6. The summed E-state index contributed by atoms with van der Waals surface area (Å²) in [5.74, 6) is 1.95. The summed E-state index contributed by atoms with van der Waals surface area (Å²) in [7, 11) is 0. The van der Waals surface area contributed by atoms with Crippen LogP contribution >= 0.6 is 0 Å². The first-order chi connectivity index (χ1) is 10.2. The Hall–Kier alpha value is -1.42. The monoisotopic (exact) mass is 289 g/mol. The minimum atomic E-state index is -0.243. The fourth-order valence-corrected chi connectivity index (χ4v) is 3.90. The minimum absolute atomic E-state index is 0.126. The molecule has 1 amide bonds. The maximum Gasteiger partial charge on any atom is 0.225 e. The van der Waals surface area contributed by atoms with Gasteiger partial charge >= 0.3 is 0 Å². The van der Waals surface area contributed by atoms with E-state index in [-0.39, 0.29) is 17.8 Å². The topological polar surface area (TPSA) is 29.5 Å². The normalized spacial score (nSPS) is 34.6. The minimum Gasteiger partial charge on any atom is -0.370 e. The number of hydrogen-bond donors (Lipinski definition) is 0. The quantitative estimate of drug-likeness (QED) is 0.838. The van der Waals surface area contributed by atoms with Gasteiger partial charge < -0.3 is 9.64 Å². The number of carbonyl (C=O) groups is 1. The second kappa shape index (κ2) is 5.09. The van der Waals surface area contributed by atoms with Gasteiger partial charge in [0, 0.05) is 12.5 Å². The van der Waals surface area contributed by atoms with Gasteiger partial charge in [0.25, 0.3) is 0 Å². The van der Waals surface area contributed by atoms with Gasteiger partial charge in [0.05, 0.1) is 13.2 Å². The van der Waals surface area contributed by atoms with Crippen LogP contribution in [0.25, 0.3) is 0 Å². The fourth-order valence-electron chi connectivity index (χ4n) is 3.90. The Balaban J connectivity index is 1.42. The van der Waals surface area contributed by atoms with Crippen LogP contribution in [-0.4, -0.2) is 30.5 Å². The van der Waals surface area contributed by atoms with E-state index in [9.17, 15) is 9.18 Å². The molecule has 0 N–H and O–H groups in total. The molecule has 2 aliphatic carbocycles. The molecule has 4 heteroatoms. The summed E-state index contributed by atoms with van der Waals surface area (Å²) < 4.78 is 18.8. The average Bonchev–Trinajstić information content (AvgIpc) is 3.13. The lowest BCUT2D eigenvalue weighted by atomic mass is 10.0. The van der Waals surface area contributed by atoms with Gasteiger partial charge in [0.15, 0.2) is 0 Å². The summed E-state index contributed by atoms with van der Waals surface area (Å²) in [6, 6.07) is 6.39. The van der Waals surface area contributed by atoms with E-state index in [1.807, 2.05) is 4.90 Å². The molecule has 1 aliphatic heterocycles. The molecular weight excluding hydrogens is 269 g/mol. The van der Waals surface area contributed by atoms with Crippen molar-refractivity contribution in [3.05, 3.63) is 35.6 Å². The molecule has 1 heterocycles. The molecule has 1 aromatic carbocycles. The summed E-state index contributed by atoms with van der Waals surface area (Å²) in [5, 5.41) is 0. The predicted molar refractivity (Wildman–Crippen MR) is 76.0 cm³/mol. The molecule has 3 atom stereocenters. The zero-order chi connectivity index (χ0) is 14.4. The first kappa shape index (κ1) is 13.3. The van der Waals surface area contributed by atoms with Gasteiger partial charge in [-0.1, -0.05) is 12.1 Å². The number of fused-ring (bicyclic) bond motifs is 1. The van der Waals surface area contributed by atoms with E-state index in [2.05, 4.69) is 0 Å². The van der Waals surface area contributed by atoms with Crippen molar-refractivity contribution in [2.45, 2.75) is 25.4 Å². The molecule has 0 bridgehead atoms. The summed E-state index contributed by atoms with van der Waals surface area (Å²) in [6.07, 6.45) is 3.38. The highest BCUT2D eigenvalue weighted by Gasteiger charge is 2.49. The molecule has 0 radical (unpaired) electrons. The fraction of sp³-hybridized carbons (Fsp3) is 0.588. The van der Waals surface area contributed by atoms with Crippen LogP contribution in [0.15, 0.2) is 24.3 Å². The largest absolute Gasteiger partial charge is 0.370 e. The SMILES string of the molecule is O=C(C1CC2CC2C1)N1CCOC(c2ccc(F)cc2)C1. The molecule has 0 spiro atoms. The number of carbonyl (C=O) groups excluding carboxylic acids is 1. The van der Waals surface area contributed by atoms with Gasteiger partial charge in [-0.3, -0.25) is 4.79 Å². The van der Waals surface area contributed by atoms with E-state index < -0.39 is 0 Å². The molecule has 3 fully saturated rings. The molecule has 2 saturated carbocycles.